The average Bonchev–Trinajstić information content (AvgIpc) is 3.20. The fourth-order valence-electron chi connectivity index (χ4n) is 4.05. The number of hydrogen-bond donors (Lipinski definition) is 2. The standard InChI is InChI=1S/C24H24F3N5O3/c25-24(26,27)23(34)35-22(33)21-19-7-4-16-14-30-12-9-18(16)20(19)31-32(21)13-1-10-29-11-8-15-2-5-17(28)6-3-15/h2-3,5-6,9,12,14,29H,1,4,7-8,10-11,13,28H2. The predicted molar refractivity (Wildman–Crippen MR) is 121 cm³/mol. The third-order valence-corrected chi connectivity index (χ3v) is 5.76. The van der Waals surface area contributed by atoms with Crippen LogP contribution in [0.1, 0.15) is 33.6 Å². The van der Waals surface area contributed by atoms with Crippen LogP contribution in [0.3, 0.4) is 0 Å². The van der Waals surface area contributed by atoms with Gasteiger partial charge < -0.3 is 15.8 Å². The summed E-state index contributed by atoms with van der Waals surface area (Å²) in [4.78, 5) is 28.0. The Kier molecular flexibility index (Phi) is 7.15. The number of carbonyl (C=O) groups is 2. The average molecular weight is 487 g/mol. The molecule has 0 fully saturated rings. The number of anilines is 1. The molecule has 0 spiro atoms. The van der Waals surface area contributed by atoms with Crippen LogP contribution in [0.25, 0.3) is 11.3 Å². The number of nitrogens with zero attached hydrogens (tertiary/aromatic N) is 3. The Balaban J connectivity index is 1.45. The molecule has 0 bridgehead atoms. The third kappa shape index (κ3) is 5.68. The largest absolute Gasteiger partial charge is 0.491 e. The summed E-state index contributed by atoms with van der Waals surface area (Å²) in [6.07, 6.45) is 0.293. The molecule has 0 aliphatic heterocycles. The number of fused-ring (bicyclic) bond motifs is 3. The molecule has 1 aromatic carbocycles. The number of rotatable bonds is 8. The van der Waals surface area contributed by atoms with E-state index in [0.717, 1.165) is 29.7 Å². The van der Waals surface area contributed by atoms with E-state index in [2.05, 4.69) is 20.1 Å². The van der Waals surface area contributed by atoms with Crippen molar-refractivity contribution in [2.75, 3.05) is 18.8 Å². The Bertz CT molecular complexity index is 1220. The molecule has 0 amide bonds. The first kappa shape index (κ1) is 24.4. The molecular formula is C24H24F3N5O3. The van der Waals surface area contributed by atoms with Crippen LogP contribution in [0.15, 0.2) is 42.7 Å². The first-order chi connectivity index (χ1) is 16.7. The molecule has 8 nitrogen and oxygen atoms in total. The van der Waals surface area contributed by atoms with Crippen molar-refractivity contribution in [2.24, 2.45) is 0 Å². The van der Waals surface area contributed by atoms with Gasteiger partial charge in [0.15, 0.2) is 5.69 Å². The van der Waals surface area contributed by atoms with Gasteiger partial charge in [-0.3, -0.25) is 9.67 Å². The smallest absolute Gasteiger partial charge is 0.399 e. The lowest BCUT2D eigenvalue weighted by Crippen LogP contribution is -2.29. The van der Waals surface area contributed by atoms with E-state index in [1.165, 1.54) is 4.68 Å². The summed E-state index contributed by atoms with van der Waals surface area (Å²) in [5.74, 6) is -3.90. The third-order valence-electron chi connectivity index (χ3n) is 5.76. The fourth-order valence-corrected chi connectivity index (χ4v) is 4.05. The van der Waals surface area contributed by atoms with Crippen molar-refractivity contribution in [2.45, 2.75) is 38.4 Å². The van der Waals surface area contributed by atoms with Gasteiger partial charge in [-0.25, -0.2) is 9.59 Å². The lowest BCUT2D eigenvalue weighted by Gasteiger charge is -2.15. The van der Waals surface area contributed by atoms with Gasteiger partial charge in [0.1, 0.15) is 0 Å². The van der Waals surface area contributed by atoms with Gasteiger partial charge in [-0.2, -0.15) is 18.3 Å². The summed E-state index contributed by atoms with van der Waals surface area (Å²) < 4.78 is 43.5. The van der Waals surface area contributed by atoms with E-state index < -0.39 is 18.1 Å². The molecule has 3 aromatic rings. The van der Waals surface area contributed by atoms with Crippen LogP contribution < -0.4 is 11.1 Å². The Morgan fingerprint density at radius 3 is 2.63 bits per heavy atom. The number of carbonyl (C=O) groups excluding carboxylic acids is 2. The van der Waals surface area contributed by atoms with E-state index in [9.17, 15) is 22.8 Å². The van der Waals surface area contributed by atoms with Gasteiger partial charge >= 0.3 is 18.1 Å². The van der Waals surface area contributed by atoms with Gasteiger partial charge in [-0.05, 0) is 68.1 Å². The topological polar surface area (TPSA) is 112 Å². The summed E-state index contributed by atoms with van der Waals surface area (Å²) in [5, 5.41) is 7.81. The van der Waals surface area contributed by atoms with Crippen molar-refractivity contribution in [1.82, 2.24) is 20.1 Å². The molecule has 0 unspecified atom stereocenters. The molecule has 2 aromatic heterocycles. The number of hydrogen-bond acceptors (Lipinski definition) is 7. The van der Waals surface area contributed by atoms with E-state index >= 15 is 0 Å². The maximum absolute atomic E-state index is 12.7. The van der Waals surface area contributed by atoms with E-state index in [4.69, 9.17) is 5.73 Å². The zero-order valence-corrected chi connectivity index (χ0v) is 18.8. The number of nitrogens with two attached hydrogens (primary N) is 1. The Morgan fingerprint density at radius 1 is 1.11 bits per heavy atom. The Morgan fingerprint density at radius 2 is 1.89 bits per heavy atom. The monoisotopic (exact) mass is 487 g/mol. The fraction of sp³-hybridized carbons (Fsp3) is 0.333. The molecule has 1 aliphatic rings. The SMILES string of the molecule is Nc1ccc(CCNCCCn2nc3c(c2C(=O)OC(=O)C(F)(F)F)CCc2cnccc2-3)cc1. The minimum atomic E-state index is -5.27. The minimum Gasteiger partial charge on any atom is -0.399 e. The molecule has 4 rings (SSSR count). The van der Waals surface area contributed by atoms with E-state index in [-0.39, 0.29) is 12.2 Å². The van der Waals surface area contributed by atoms with E-state index in [0.29, 0.717) is 42.8 Å². The van der Waals surface area contributed by atoms with Crippen molar-refractivity contribution in [1.29, 1.82) is 0 Å². The Hall–Kier alpha value is -3.73. The van der Waals surface area contributed by atoms with Crippen molar-refractivity contribution in [3.63, 3.8) is 0 Å². The zero-order valence-electron chi connectivity index (χ0n) is 18.8. The molecule has 11 heteroatoms. The highest BCUT2D eigenvalue weighted by atomic mass is 19.4. The number of benzene rings is 1. The van der Waals surface area contributed by atoms with Crippen LogP contribution in [-0.4, -0.2) is 46.0 Å². The second-order valence-electron chi connectivity index (χ2n) is 8.20. The number of halogens is 3. The quantitative estimate of drug-likeness (QED) is 0.217. The second-order valence-corrected chi connectivity index (χ2v) is 8.20. The van der Waals surface area contributed by atoms with Crippen molar-refractivity contribution >= 4 is 17.6 Å². The van der Waals surface area contributed by atoms with Crippen molar-refractivity contribution in [3.05, 3.63) is 65.1 Å². The number of pyridine rings is 1. The molecule has 35 heavy (non-hydrogen) atoms. The van der Waals surface area contributed by atoms with E-state index in [1.807, 2.05) is 24.3 Å². The highest BCUT2D eigenvalue weighted by Gasteiger charge is 2.43. The van der Waals surface area contributed by atoms with Gasteiger partial charge in [-0.15, -0.1) is 0 Å². The predicted octanol–water partition coefficient (Wildman–Crippen LogP) is 3.09. The van der Waals surface area contributed by atoms with Crippen LogP contribution >= 0.6 is 0 Å². The number of alkyl halides is 3. The molecule has 0 radical (unpaired) electrons. The summed E-state index contributed by atoms with van der Waals surface area (Å²) >= 11 is 0. The maximum Gasteiger partial charge on any atom is 0.491 e. The van der Waals surface area contributed by atoms with Gasteiger partial charge in [0, 0.05) is 35.8 Å². The maximum atomic E-state index is 12.7. The number of nitrogens with one attached hydrogen (secondary N) is 1. The highest BCUT2D eigenvalue weighted by Crippen LogP contribution is 2.34. The van der Waals surface area contributed by atoms with Gasteiger partial charge in [0.2, 0.25) is 0 Å². The van der Waals surface area contributed by atoms with Crippen LogP contribution in [0, 0.1) is 0 Å². The molecule has 0 saturated heterocycles. The molecule has 1 aliphatic carbocycles. The summed E-state index contributed by atoms with van der Waals surface area (Å²) in [5.41, 5.74) is 10.1. The summed E-state index contributed by atoms with van der Waals surface area (Å²) in [7, 11) is 0. The van der Waals surface area contributed by atoms with Crippen LogP contribution in [-0.2, 0) is 35.3 Å². The number of ether oxygens (including phenoxy) is 1. The Labute approximate surface area is 199 Å². The number of nitrogen functional groups attached to an aromatic ring is 1. The highest BCUT2D eigenvalue weighted by molar-refractivity contribution is 5.99. The molecule has 0 saturated carbocycles. The lowest BCUT2D eigenvalue weighted by atomic mass is 9.90. The zero-order chi connectivity index (χ0) is 25.0. The molecule has 184 valence electrons. The van der Waals surface area contributed by atoms with Crippen molar-refractivity contribution < 1.29 is 27.5 Å². The lowest BCUT2D eigenvalue weighted by molar-refractivity contribution is -0.193. The number of esters is 2. The van der Waals surface area contributed by atoms with Gasteiger partial charge in [-0.1, -0.05) is 12.1 Å². The normalized spacial score (nSPS) is 12.7. The number of aromatic nitrogens is 3. The molecule has 3 N–H and O–H groups in total. The second kappa shape index (κ2) is 10.3. The summed E-state index contributed by atoms with van der Waals surface area (Å²) in [6, 6.07) is 9.34. The van der Waals surface area contributed by atoms with Crippen LogP contribution in [0.4, 0.5) is 18.9 Å². The minimum absolute atomic E-state index is 0.123. The van der Waals surface area contributed by atoms with Gasteiger partial charge in [0.05, 0.1) is 5.69 Å². The number of aryl methyl sites for hydroxylation is 2. The van der Waals surface area contributed by atoms with Crippen molar-refractivity contribution in [3.8, 4) is 11.3 Å². The summed E-state index contributed by atoms with van der Waals surface area (Å²) in [6.45, 7) is 1.57. The molecule has 2 heterocycles. The van der Waals surface area contributed by atoms with Gasteiger partial charge in [0.25, 0.3) is 0 Å². The van der Waals surface area contributed by atoms with Crippen LogP contribution in [0.5, 0.6) is 0 Å². The van der Waals surface area contributed by atoms with Crippen LogP contribution in [0.2, 0.25) is 0 Å². The molecular weight excluding hydrogens is 463 g/mol. The van der Waals surface area contributed by atoms with E-state index in [1.54, 1.807) is 18.5 Å². The first-order valence-corrected chi connectivity index (χ1v) is 11.2. The molecule has 0 atom stereocenters. The first-order valence-electron chi connectivity index (χ1n) is 11.2.